The van der Waals surface area contributed by atoms with E-state index in [0.717, 1.165) is 30.0 Å². The second kappa shape index (κ2) is 6.00. The highest BCUT2D eigenvalue weighted by Crippen LogP contribution is 2.38. The van der Waals surface area contributed by atoms with Crippen molar-refractivity contribution in [3.05, 3.63) is 51.7 Å². The Labute approximate surface area is 129 Å². The van der Waals surface area contributed by atoms with Crippen molar-refractivity contribution in [3.8, 4) is 0 Å². The molecule has 1 aromatic heterocycles. The minimum Gasteiger partial charge on any atom is -0.330 e. The molecule has 0 radical (unpaired) electrons. The average molecular weight is 300 g/mol. The van der Waals surface area contributed by atoms with Crippen LogP contribution in [-0.4, -0.2) is 19.0 Å². The van der Waals surface area contributed by atoms with Crippen LogP contribution in [0.3, 0.4) is 0 Å². The molecule has 1 aliphatic heterocycles. The minimum atomic E-state index is 0.117. The summed E-state index contributed by atoms with van der Waals surface area (Å²) in [5.41, 5.74) is 8.02. The summed E-state index contributed by atoms with van der Waals surface area (Å²) in [6, 6.07) is 12.2. The van der Waals surface area contributed by atoms with Crippen molar-refractivity contribution in [2.75, 3.05) is 18.0 Å². The van der Waals surface area contributed by atoms with E-state index in [1.54, 1.807) is 11.3 Å². The fourth-order valence-corrected chi connectivity index (χ4v) is 3.85. The highest BCUT2D eigenvalue weighted by molar-refractivity contribution is 7.14. The van der Waals surface area contributed by atoms with Gasteiger partial charge in [0.1, 0.15) is 0 Å². The molecule has 110 valence electrons. The zero-order valence-electron chi connectivity index (χ0n) is 12.2. The zero-order chi connectivity index (χ0) is 14.8. The lowest BCUT2D eigenvalue weighted by Gasteiger charge is -2.16. The number of nitrogens with zero attached hydrogens (tertiary/aromatic N) is 1. The molecule has 0 saturated heterocycles. The molecule has 0 saturated carbocycles. The quantitative estimate of drug-likeness (QED) is 0.940. The lowest BCUT2D eigenvalue weighted by atomic mass is 9.98. The van der Waals surface area contributed by atoms with Gasteiger partial charge in [0.2, 0.25) is 0 Å². The van der Waals surface area contributed by atoms with Gasteiger partial charge in [-0.1, -0.05) is 25.1 Å². The van der Waals surface area contributed by atoms with Crippen LogP contribution in [0, 0.1) is 0 Å². The van der Waals surface area contributed by atoms with Crippen LogP contribution < -0.4 is 10.6 Å². The van der Waals surface area contributed by atoms with Crippen molar-refractivity contribution in [1.82, 2.24) is 0 Å². The maximum atomic E-state index is 12.8. The first-order valence-electron chi connectivity index (χ1n) is 7.44. The summed E-state index contributed by atoms with van der Waals surface area (Å²) < 4.78 is 0. The van der Waals surface area contributed by atoms with Crippen LogP contribution >= 0.6 is 11.3 Å². The number of hydrogen-bond donors (Lipinski definition) is 1. The van der Waals surface area contributed by atoms with E-state index in [1.165, 1.54) is 10.4 Å². The number of carbonyl (C=O) groups excluding carboxylic acids is 1. The third-order valence-corrected chi connectivity index (χ3v) is 5.27. The Morgan fingerprint density at radius 2 is 2.14 bits per heavy atom. The van der Waals surface area contributed by atoms with Crippen molar-refractivity contribution in [2.45, 2.75) is 25.7 Å². The summed E-state index contributed by atoms with van der Waals surface area (Å²) in [4.78, 5) is 16.8. The van der Waals surface area contributed by atoms with Crippen LogP contribution in [0.4, 0.5) is 5.69 Å². The number of fused-ring (bicyclic) bond motifs is 1. The molecule has 0 fully saturated rings. The largest absolute Gasteiger partial charge is 0.330 e. The van der Waals surface area contributed by atoms with E-state index in [0.29, 0.717) is 12.5 Å². The number of para-hydroxylation sites is 1. The topological polar surface area (TPSA) is 46.3 Å². The number of amides is 1. The standard InChI is InChI=1S/C17H20N2OS/c1-2-13-7-8-16(21-13)17(20)19-11-12(9-10-18)14-5-3-4-6-15(14)19/h3-8,12H,2,9-11,18H2,1H3. The Bertz CT molecular complexity index is 650. The molecular formula is C17H20N2OS. The highest BCUT2D eigenvalue weighted by atomic mass is 32.1. The monoisotopic (exact) mass is 300 g/mol. The Kier molecular flexibility index (Phi) is 4.08. The van der Waals surface area contributed by atoms with Crippen molar-refractivity contribution in [1.29, 1.82) is 0 Å². The molecule has 0 spiro atoms. The van der Waals surface area contributed by atoms with Crippen molar-refractivity contribution < 1.29 is 4.79 Å². The van der Waals surface area contributed by atoms with E-state index in [9.17, 15) is 4.79 Å². The first-order chi connectivity index (χ1) is 10.2. The number of anilines is 1. The van der Waals surface area contributed by atoms with Gasteiger partial charge in [-0.2, -0.15) is 0 Å². The third-order valence-electron chi connectivity index (χ3n) is 4.05. The molecule has 1 aliphatic rings. The van der Waals surface area contributed by atoms with Gasteiger partial charge in [0.15, 0.2) is 0 Å². The van der Waals surface area contributed by atoms with Crippen LogP contribution in [0.2, 0.25) is 0 Å². The summed E-state index contributed by atoms with van der Waals surface area (Å²) in [7, 11) is 0. The van der Waals surface area contributed by atoms with Gasteiger partial charge >= 0.3 is 0 Å². The summed E-state index contributed by atoms with van der Waals surface area (Å²) in [5, 5.41) is 0. The van der Waals surface area contributed by atoms with Crippen molar-refractivity contribution in [3.63, 3.8) is 0 Å². The third kappa shape index (κ3) is 2.61. The SMILES string of the molecule is CCc1ccc(C(=O)N2CC(CCN)c3ccccc32)s1. The second-order valence-electron chi connectivity index (χ2n) is 5.37. The number of carbonyl (C=O) groups is 1. The lowest BCUT2D eigenvalue weighted by Crippen LogP contribution is -2.29. The Hall–Kier alpha value is -1.65. The highest BCUT2D eigenvalue weighted by Gasteiger charge is 2.32. The minimum absolute atomic E-state index is 0.117. The van der Waals surface area contributed by atoms with Crippen LogP contribution in [0.1, 0.15) is 39.4 Å². The van der Waals surface area contributed by atoms with E-state index in [2.05, 4.69) is 19.1 Å². The molecule has 1 unspecified atom stereocenters. The molecule has 1 atom stereocenters. The molecule has 2 aromatic rings. The van der Waals surface area contributed by atoms with Gasteiger partial charge in [-0.3, -0.25) is 4.79 Å². The lowest BCUT2D eigenvalue weighted by molar-refractivity contribution is 0.0992. The van der Waals surface area contributed by atoms with Gasteiger partial charge in [0.25, 0.3) is 5.91 Å². The van der Waals surface area contributed by atoms with Crippen LogP contribution in [0.5, 0.6) is 0 Å². The molecule has 2 heterocycles. The molecule has 2 N–H and O–H groups in total. The molecule has 3 nitrogen and oxygen atoms in total. The number of aryl methyl sites for hydroxylation is 1. The van der Waals surface area contributed by atoms with Crippen LogP contribution in [0.25, 0.3) is 0 Å². The molecular weight excluding hydrogens is 280 g/mol. The van der Waals surface area contributed by atoms with Gasteiger partial charge in [0.05, 0.1) is 4.88 Å². The number of rotatable bonds is 4. The number of thiophene rings is 1. The van der Waals surface area contributed by atoms with Gasteiger partial charge in [0, 0.05) is 23.0 Å². The van der Waals surface area contributed by atoms with E-state index in [-0.39, 0.29) is 5.91 Å². The Balaban J connectivity index is 1.90. The Morgan fingerprint density at radius 3 is 2.86 bits per heavy atom. The summed E-state index contributed by atoms with van der Waals surface area (Å²) >= 11 is 1.60. The number of hydrogen-bond acceptors (Lipinski definition) is 3. The number of benzene rings is 1. The molecule has 3 rings (SSSR count). The normalized spacial score (nSPS) is 17.0. The molecule has 1 aromatic carbocycles. The van der Waals surface area contributed by atoms with Crippen LogP contribution in [-0.2, 0) is 6.42 Å². The first-order valence-corrected chi connectivity index (χ1v) is 8.25. The summed E-state index contributed by atoms with van der Waals surface area (Å²) in [6.07, 6.45) is 1.90. The predicted molar refractivity (Wildman–Crippen MR) is 88.2 cm³/mol. The first kappa shape index (κ1) is 14.3. The van der Waals surface area contributed by atoms with Crippen molar-refractivity contribution in [2.24, 2.45) is 5.73 Å². The molecule has 21 heavy (non-hydrogen) atoms. The van der Waals surface area contributed by atoms with E-state index in [4.69, 9.17) is 5.73 Å². The molecule has 1 amide bonds. The summed E-state index contributed by atoms with van der Waals surface area (Å²) in [6.45, 7) is 3.51. The van der Waals surface area contributed by atoms with E-state index >= 15 is 0 Å². The second-order valence-corrected chi connectivity index (χ2v) is 6.54. The molecule has 0 aliphatic carbocycles. The fraction of sp³-hybridized carbons (Fsp3) is 0.353. The smallest absolute Gasteiger partial charge is 0.268 e. The number of nitrogens with two attached hydrogens (primary N) is 1. The van der Waals surface area contributed by atoms with Gasteiger partial charge in [-0.15, -0.1) is 11.3 Å². The van der Waals surface area contributed by atoms with Gasteiger partial charge in [-0.25, -0.2) is 0 Å². The average Bonchev–Trinajstić information content (AvgIpc) is 3.12. The maximum Gasteiger partial charge on any atom is 0.268 e. The predicted octanol–water partition coefficient (Wildman–Crippen LogP) is 3.40. The molecule has 4 heteroatoms. The van der Waals surface area contributed by atoms with E-state index < -0.39 is 0 Å². The van der Waals surface area contributed by atoms with Crippen LogP contribution in [0.15, 0.2) is 36.4 Å². The zero-order valence-corrected chi connectivity index (χ0v) is 13.0. The fourth-order valence-electron chi connectivity index (χ4n) is 2.95. The Morgan fingerprint density at radius 1 is 1.33 bits per heavy atom. The molecule has 0 bridgehead atoms. The van der Waals surface area contributed by atoms with Gasteiger partial charge in [-0.05, 0) is 43.1 Å². The van der Waals surface area contributed by atoms with E-state index in [1.807, 2.05) is 29.2 Å². The maximum absolute atomic E-state index is 12.8. The summed E-state index contributed by atoms with van der Waals surface area (Å²) in [5.74, 6) is 0.479. The van der Waals surface area contributed by atoms with Gasteiger partial charge < -0.3 is 10.6 Å². The van der Waals surface area contributed by atoms with Crippen molar-refractivity contribution >= 4 is 22.9 Å².